The van der Waals surface area contributed by atoms with Crippen molar-refractivity contribution in [1.29, 1.82) is 0 Å². The van der Waals surface area contributed by atoms with E-state index in [1.54, 1.807) is 4.90 Å². The molecule has 2 amide bonds. The van der Waals surface area contributed by atoms with Gasteiger partial charge in [0.2, 0.25) is 17.7 Å². The van der Waals surface area contributed by atoms with Gasteiger partial charge in [-0.05, 0) is 56.4 Å². The fraction of sp³-hybridized carbons (Fsp3) is 0.395. The van der Waals surface area contributed by atoms with E-state index in [4.69, 9.17) is 24.3 Å². The van der Waals surface area contributed by atoms with Crippen molar-refractivity contribution in [3.63, 3.8) is 0 Å². The third kappa shape index (κ3) is 8.30. The molecule has 0 spiro atoms. The number of aromatic nitrogens is 3. The third-order valence-corrected chi connectivity index (χ3v) is 10.2. The predicted octanol–water partition coefficient (Wildman–Crippen LogP) is 7.34. The molecule has 2 aliphatic rings. The maximum absolute atomic E-state index is 13.8. The quantitative estimate of drug-likeness (QED) is 0.155. The summed E-state index contributed by atoms with van der Waals surface area (Å²) in [6, 6.07) is 30.2. The van der Waals surface area contributed by atoms with Crippen LogP contribution < -0.4 is 14.4 Å². The van der Waals surface area contributed by atoms with Crippen LogP contribution in [0.25, 0.3) is 22.2 Å². The van der Waals surface area contributed by atoms with E-state index in [-0.39, 0.29) is 23.8 Å². The van der Waals surface area contributed by atoms with Crippen LogP contribution in [0.4, 0.5) is 10.5 Å². The Labute approximate surface area is 317 Å². The van der Waals surface area contributed by atoms with Gasteiger partial charge in [-0.2, -0.15) is 10.1 Å². The Balaban J connectivity index is 1.07. The summed E-state index contributed by atoms with van der Waals surface area (Å²) in [5.74, 6) is 1.05. The van der Waals surface area contributed by atoms with Crippen molar-refractivity contribution in [2.75, 3.05) is 44.2 Å². The van der Waals surface area contributed by atoms with Crippen molar-refractivity contribution >= 4 is 28.6 Å². The zero-order valence-electron chi connectivity index (χ0n) is 31.9. The zero-order valence-corrected chi connectivity index (χ0v) is 31.9. The minimum atomic E-state index is -0.547. The Morgan fingerprint density at radius 3 is 2.09 bits per heavy atom. The number of aryl methyl sites for hydroxylation is 1. The second-order valence-electron chi connectivity index (χ2n) is 15.3. The van der Waals surface area contributed by atoms with Gasteiger partial charge in [-0.3, -0.25) is 9.48 Å². The van der Waals surface area contributed by atoms with Crippen molar-refractivity contribution in [3.05, 3.63) is 102 Å². The smallest absolute Gasteiger partial charge is 0.410 e. The van der Waals surface area contributed by atoms with Gasteiger partial charge in [0.25, 0.3) is 0 Å². The standard InChI is InChI=1S/C43H50N6O5/c1-30-27-49(42(51)54-43(2,3)4)22-21-33(30)41(50)48-25-23-47(24-26-48)36-18-12-17-34-38(45-46(5)39(34)36)35-19-20-37(52-28-31-13-8-6-9-14-31)44-40(35)53-29-32-15-10-7-11-16-32/h6-20,30,33H,21-29H2,1-5H3/t30-,33-/m1/s1. The molecule has 2 atom stereocenters. The van der Waals surface area contributed by atoms with Gasteiger partial charge in [0, 0.05) is 63.7 Å². The van der Waals surface area contributed by atoms with E-state index in [0.29, 0.717) is 70.7 Å². The van der Waals surface area contributed by atoms with Crippen LogP contribution in [-0.2, 0) is 29.8 Å². The zero-order chi connectivity index (χ0) is 37.8. The molecule has 2 aromatic heterocycles. The van der Waals surface area contributed by atoms with Gasteiger partial charge in [0.1, 0.15) is 24.5 Å². The van der Waals surface area contributed by atoms with Crippen LogP contribution in [0.15, 0.2) is 91.0 Å². The van der Waals surface area contributed by atoms with Crippen LogP contribution >= 0.6 is 0 Å². The first-order valence-corrected chi connectivity index (χ1v) is 18.9. The van der Waals surface area contributed by atoms with Gasteiger partial charge in [-0.15, -0.1) is 0 Å². The molecule has 2 fully saturated rings. The van der Waals surface area contributed by atoms with E-state index < -0.39 is 5.60 Å². The number of pyridine rings is 1. The summed E-state index contributed by atoms with van der Waals surface area (Å²) in [5.41, 5.74) is 5.18. The molecule has 0 N–H and O–H groups in total. The van der Waals surface area contributed by atoms with Gasteiger partial charge < -0.3 is 28.9 Å². The predicted molar refractivity (Wildman–Crippen MR) is 209 cm³/mol. The van der Waals surface area contributed by atoms with E-state index in [1.165, 1.54) is 0 Å². The highest BCUT2D eigenvalue weighted by Crippen LogP contribution is 2.38. The number of amides is 2. The molecule has 7 rings (SSSR count). The average molecular weight is 731 g/mol. The monoisotopic (exact) mass is 730 g/mol. The summed E-state index contributed by atoms with van der Waals surface area (Å²) >= 11 is 0. The summed E-state index contributed by atoms with van der Waals surface area (Å²) in [7, 11) is 1.97. The first kappa shape index (κ1) is 36.8. The number of ether oxygens (including phenoxy) is 3. The van der Waals surface area contributed by atoms with E-state index in [1.807, 2.05) is 110 Å². The topological polar surface area (TPSA) is 102 Å². The Kier molecular flexibility index (Phi) is 10.8. The maximum Gasteiger partial charge on any atom is 0.410 e. The summed E-state index contributed by atoms with van der Waals surface area (Å²) < 4.78 is 20.0. The Morgan fingerprint density at radius 2 is 1.44 bits per heavy atom. The first-order valence-electron chi connectivity index (χ1n) is 18.9. The fourth-order valence-corrected chi connectivity index (χ4v) is 7.43. The number of rotatable bonds is 9. The number of anilines is 1. The summed E-state index contributed by atoms with van der Waals surface area (Å²) in [6.45, 7) is 12.1. The maximum atomic E-state index is 13.8. The molecule has 2 aliphatic heterocycles. The Morgan fingerprint density at radius 1 is 0.778 bits per heavy atom. The Bertz CT molecular complexity index is 2070. The highest BCUT2D eigenvalue weighted by molar-refractivity contribution is 6.01. The summed E-state index contributed by atoms with van der Waals surface area (Å²) in [6.07, 6.45) is 0.334. The number of piperidine rings is 1. The largest absolute Gasteiger partial charge is 0.473 e. The number of likely N-dealkylation sites (tertiary alicyclic amines) is 1. The Hall–Kier alpha value is -5.58. The second kappa shape index (κ2) is 15.8. The molecule has 4 heterocycles. The number of piperazine rings is 1. The SMILES string of the molecule is C[C@@H]1CN(C(=O)OC(C)(C)C)CC[C@H]1C(=O)N1CCN(c2cccc3c(-c4ccc(OCc5ccccc5)nc4OCc4ccccc4)nn(C)c23)CC1. The van der Waals surface area contributed by atoms with Gasteiger partial charge in [-0.1, -0.05) is 79.7 Å². The lowest BCUT2D eigenvalue weighted by molar-refractivity contribution is -0.139. The van der Waals surface area contributed by atoms with Gasteiger partial charge >= 0.3 is 6.09 Å². The number of hydrogen-bond donors (Lipinski definition) is 0. The summed E-state index contributed by atoms with van der Waals surface area (Å²) in [5, 5.41) is 6.02. The molecule has 0 radical (unpaired) electrons. The molecular weight excluding hydrogens is 681 g/mol. The lowest BCUT2D eigenvalue weighted by atomic mass is 9.85. The molecule has 0 saturated carbocycles. The van der Waals surface area contributed by atoms with E-state index in [0.717, 1.165) is 39.0 Å². The number of hydrogen-bond acceptors (Lipinski definition) is 8. The first-order chi connectivity index (χ1) is 26.0. The highest BCUT2D eigenvalue weighted by atomic mass is 16.6. The molecule has 0 unspecified atom stereocenters. The van der Waals surface area contributed by atoms with E-state index >= 15 is 0 Å². The second-order valence-corrected chi connectivity index (χ2v) is 15.3. The highest BCUT2D eigenvalue weighted by Gasteiger charge is 2.37. The lowest BCUT2D eigenvalue weighted by Gasteiger charge is -2.41. The molecule has 11 heteroatoms. The fourth-order valence-electron chi connectivity index (χ4n) is 7.43. The van der Waals surface area contributed by atoms with Crippen LogP contribution in [0.5, 0.6) is 11.8 Å². The molecule has 2 saturated heterocycles. The van der Waals surface area contributed by atoms with Crippen LogP contribution in [0.1, 0.15) is 45.2 Å². The molecule has 0 bridgehead atoms. The van der Waals surface area contributed by atoms with Crippen molar-refractivity contribution < 1.29 is 23.8 Å². The van der Waals surface area contributed by atoms with Gasteiger partial charge in [-0.25, -0.2) is 4.79 Å². The molecule has 3 aromatic carbocycles. The van der Waals surface area contributed by atoms with Crippen LogP contribution in [0, 0.1) is 11.8 Å². The molecular formula is C43H50N6O5. The van der Waals surface area contributed by atoms with Crippen molar-refractivity contribution in [1.82, 2.24) is 24.6 Å². The number of carbonyl (C=O) groups is 2. The van der Waals surface area contributed by atoms with Crippen molar-refractivity contribution in [2.45, 2.75) is 52.9 Å². The molecule has 11 nitrogen and oxygen atoms in total. The van der Waals surface area contributed by atoms with Gasteiger partial charge in [0.15, 0.2) is 0 Å². The normalized spacial score (nSPS) is 17.8. The van der Waals surface area contributed by atoms with Crippen molar-refractivity contribution in [3.8, 4) is 23.0 Å². The van der Waals surface area contributed by atoms with E-state index in [2.05, 4.69) is 30.0 Å². The number of nitrogens with zero attached hydrogens (tertiary/aromatic N) is 6. The lowest BCUT2D eigenvalue weighted by Crippen LogP contribution is -2.54. The van der Waals surface area contributed by atoms with E-state index in [9.17, 15) is 9.59 Å². The molecule has 5 aromatic rings. The number of fused-ring (bicyclic) bond motifs is 1. The summed E-state index contributed by atoms with van der Waals surface area (Å²) in [4.78, 5) is 37.4. The van der Waals surface area contributed by atoms with Crippen molar-refractivity contribution in [2.24, 2.45) is 18.9 Å². The van der Waals surface area contributed by atoms with Gasteiger partial charge in [0.05, 0.1) is 16.8 Å². The molecule has 0 aliphatic carbocycles. The molecule has 54 heavy (non-hydrogen) atoms. The van der Waals surface area contributed by atoms with Crippen LogP contribution in [0.3, 0.4) is 0 Å². The molecule has 282 valence electrons. The average Bonchev–Trinajstić information content (AvgIpc) is 3.52. The number of benzene rings is 3. The number of para-hydroxylation sites is 1. The minimum absolute atomic E-state index is 0.0546. The van der Waals surface area contributed by atoms with Crippen LogP contribution in [-0.4, -0.2) is 81.4 Å². The minimum Gasteiger partial charge on any atom is -0.473 e. The number of carbonyl (C=O) groups excluding carboxylic acids is 2. The van der Waals surface area contributed by atoms with Crippen LogP contribution in [0.2, 0.25) is 0 Å². The third-order valence-electron chi connectivity index (χ3n) is 10.2.